The fourth-order valence-corrected chi connectivity index (χ4v) is 3.78. The standard InChI is InChI=1S/C17H26N2O2/c1-2-20-14-17-7-3-11-21-16(17)6-10-19(13-17)12-15-4-8-18-9-5-15/h4-5,8-9,16H,2-3,6-7,10-14H2,1H3/t16-,17-/m0/s1. The molecule has 0 bridgehead atoms. The van der Waals surface area contributed by atoms with Gasteiger partial charge in [0.2, 0.25) is 0 Å². The van der Waals surface area contributed by atoms with Crippen LogP contribution in [-0.4, -0.2) is 48.9 Å². The van der Waals surface area contributed by atoms with Crippen molar-refractivity contribution in [1.82, 2.24) is 9.88 Å². The Morgan fingerprint density at radius 1 is 1.43 bits per heavy atom. The summed E-state index contributed by atoms with van der Waals surface area (Å²) in [5, 5.41) is 0. The van der Waals surface area contributed by atoms with Gasteiger partial charge in [0.15, 0.2) is 0 Å². The summed E-state index contributed by atoms with van der Waals surface area (Å²) in [5.41, 5.74) is 1.53. The first-order chi connectivity index (χ1) is 10.3. The quantitative estimate of drug-likeness (QED) is 0.834. The van der Waals surface area contributed by atoms with Crippen LogP contribution in [0.15, 0.2) is 24.5 Å². The molecule has 0 aliphatic carbocycles. The van der Waals surface area contributed by atoms with E-state index in [1.54, 1.807) is 0 Å². The van der Waals surface area contributed by atoms with Crippen molar-refractivity contribution in [3.63, 3.8) is 0 Å². The number of hydrogen-bond donors (Lipinski definition) is 0. The summed E-state index contributed by atoms with van der Waals surface area (Å²) in [5.74, 6) is 0. The van der Waals surface area contributed by atoms with Gasteiger partial charge in [-0.3, -0.25) is 9.88 Å². The largest absolute Gasteiger partial charge is 0.381 e. The van der Waals surface area contributed by atoms with E-state index < -0.39 is 0 Å². The molecule has 4 heteroatoms. The molecule has 3 heterocycles. The lowest BCUT2D eigenvalue weighted by molar-refractivity contribution is -0.153. The molecule has 21 heavy (non-hydrogen) atoms. The van der Waals surface area contributed by atoms with Crippen molar-refractivity contribution >= 4 is 0 Å². The molecule has 0 N–H and O–H groups in total. The predicted octanol–water partition coefficient (Wildman–Crippen LogP) is 2.49. The van der Waals surface area contributed by atoms with Crippen molar-refractivity contribution in [2.75, 3.05) is 32.9 Å². The zero-order chi connectivity index (χ0) is 14.5. The fraction of sp³-hybridized carbons (Fsp3) is 0.706. The Labute approximate surface area is 127 Å². The molecular formula is C17H26N2O2. The van der Waals surface area contributed by atoms with Gasteiger partial charge in [-0.2, -0.15) is 0 Å². The molecule has 0 saturated carbocycles. The van der Waals surface area contributed by atoms with E-state index >= 15 is 0 Å². The highest BCUT2D eigenvalue weighted by atomic mass is 16.5. The highest BCUT2D eigenvalue weighted by Gasteiger charge is 2.45. The normalized spacial score (nSPS) is 30.0. The number of aromatic nitrogens is 1. The van der Waals surface area contributed by atoms with Crippen molar-refractivity contribution in [1.29, 1.82) is 0 Å². The Hall–Kier alpha value is -0.970. The third kappa shape index (κ3) is 3.44. The molecule has 0 spiro atoms. The first-order valence-corrected chi connectivity index (χ1v) is 8.13. The number of hydrogen-bond acceptors (Lipinski definition) is 4. The second-order valence-corrected chi connectivity index (χ2v) is 6.32. The van der Waals surface area contributed by atoms with Gasteiger partial charge in [0.25, 0.3) is 0 Å². The van der Waals surface area contributed by atoms with Crippen molar-refractivity contribution in [2.45, 2.75) is 38.8 Å². The molecule has 2 fully saturated rings. The van der Waals surface area contributed by atoms with Gasteiger partial charge in [0.1, 0.15) is 0 Å². The number of rotatable bonds is 5. The minimum atomic E-state index is 0.194. The molecule has 2 aliphatic rings. The van der Waals surface area contributed by atoms with Gasteiger partial charge in [-0.15, -0.1) is 0 Å². The van der Waals surface area contributed by atoms with Crippen molar-refractivity contribution < 1.29 is 9.47 Å². The third-order valence-corrected chi connectivity index (χ3v) is 4.82. The lowest BCUT2D eigenvalue weighted by atomic mass is 9.73. The molecular weight excluding hydrogens is 264 g/mol. The topological polar surface area (TPSA) is 34.6 Å². The van der Waals surface area contributed by atoms with E-state index in [0.717, 1.165) is 52.3 Å². The first-order valence-electron chi connectivity index (χ1n) is 8.13. The lowest BCUT2D eigenvalue weighted by Gasteiger charge is -2.50. The molecule has 0 radical (unpaired) electrons. The molecule has 2 atom stereocenters. The summed E-state index contributed by atoms with van der Waals surface area (Å²) in [7, 11) is 0. The lowest BCUT2D eigenvalue weighted by Crippen LogP contribution is -2.56. The smallest absolute Gasteiger partial charge is 0.0677 e. The van der Waals surface area contributed by atoms with Gasteiger partial charge in [-0.05, 0) is 43.9 Å². The Morgan fingerprint density at radius 2 is 2.29 bits per heavy atom. The summed E-state index contributed by atoms with van der Waals surface area (Å²) in [6.07, 6.45) is 7.64. The Balaban J connectivity index is 1.68. The minimum absolute atomic E-state index is 0.194. The molecule has 116 valence electrons. The zero-order valence-electron chi connectivity index (χ0n) is 13.0. The zero-order valence-corrected chi connectivity index (χ0v) is 13.0. The molecule has 1 aromatic rings. The number of ether oxygens (including phenoxy) is 2. The number of pyridine rings is 1. The Bertz CT molecular complexity index is 440. The van der Waals surface area contributed by atoms with Gasteiger partial charge < -0.3 is 9.47 Å². The SMILES string of the molecule is CCOC[C@@]12CCCO[C@H]1CCN(Cc1ccncc1)C2. The van der Waals surface area contributed by atoms with Crippen LogP contribution in [0.5, 0.6) is 0 Å². The van der Waals surface area contributed by atoms with Crippen LogP contribution in [0.3, 0.4) is 0 Å². The van der Waals surface area contributed by atoms with Gasteiger partial charge >= 0.3 is 0 Å². The highest BCUT2D eigenvalue weighted by molar-refractivity contribution is 5.10. The summed E-state index contributed by atoms with van der Waals surface area (Å²) in [4.78, 5) is 6.65. The maximum atomic E-state index is 6.06. The van der Waals surface area contributed by atoms with E-state index in [9.17, 15) is 0 Å². The van der Waals surface area contributed by atoms with Crippen LogP contribution in [0.1, 0.15) is 31.7 Å². The molecule has 2 aliphatic heterocycles. The summed E-state index contributed by atoms with van der Waals surface area (Å²) in [6.45, 7) is 7.82. The average Bonchev–Trinajstić information content (AvgIpc) is 2.54. The maximum Gasteiger partial charge on any atom is 0.0677 e. The van der Waals surface area contributed by atoms with Crippen LogP contribution < -0.4 is 0 Å². The monoisotopic (exact) mass is 290 g/mol. The molecule has 0 unspecified atom stereocenters. The third-order valence-electron chi connectivity index (χ3n) is 4.82. The van der Waals surface area contributed by atoms with Gasteiger partial charge in [0, 0.05) is 50.7 Å². The summed E-state index contributed by atoms with van der Waals surface area (Å²) < 4.78 is 11.9. The molecule has 2 saturated heterocycles. The maximum absolute atomic E-state index is 6.06. The highest BCUT2D eigenvalue weighted by Crippen LogP contribution is 2.40. The molecule has 4 nitrogen and oxygen atoms in total. The number of likely N-dealkylation sites (tertiary alicyclic amines) is 1. The fourth-order valence-electron chi connectivity index (χ4n) is 3.78. The predicted molar refractivity (Wildman–Crippen MR) is 82.0 cm³/mol. The van der Waals surface area contributed by atoms with Crippen molar-refractivity contribution in [3.8, 4) is 0 Å². The molecule has 0 aromatic carbocycles. The number of piperidine rings is 1. The van der Waals surface area contributed by atoms with Crippen LogP contribution in [-0.2, 0) is 16.0 Å². The van der Waals surface area contributed by atoms with Crippen LogP contribution in [0.25, 0.3) is 0 Å². The Kier molecular flexibility index (Phi) is 4.88. The number of nitrogens with zero attached hydrogens (tertiary/aromatic N) is 2. The van der Waals surface area contributed by atoms with E-state index in [1.807, 2.05) is 12.4 Å². The second-order valence-electron chi connectivity index (χ2n) is 6.32. The van der Waals surface area contributed by atoms with Gasteiger partial charge in [-0.1, -0.05) is 0 Å². The van der Waals surface area contributed by atoms with Crippen molar-refractivity contribution in [3.05, 3.63) is 30.1 Å². The molecule has 3 rings (SSSR count). The van der Waals surface area contributed by atoms with E-state index in [-0.39, 0.29) is 5.41 Å². The second kappa shape index (κ2) is 6.86. The summed E-state index contributed by atoms with van der Waals surface area (Å²) in [6, 6.07) is 4.22. The summed E-state index contributed by atoms with van der Waals surface area (Å²) >= 11 is 0. The first kappa shape index (κ1) is 14.9. The molecule has 0 amide bonds. The van der Waals surface area contributed by atoms with Crippen LogP contribution in [0.4, 0.5) is 0 Å². The minimum Gasteiger partial charge on any atom is -0.381 e. The van der Waals surface area contributed by atoms with E-state index in [4.69, 9.17) is 9.47 Å². The van der Waals surface area contributed by atoms with Crippen molar-refractivity contribution in [2.24, 2.45) is 5.41 Å². The molecule has 1 aromatic heterocycles. The van der Waals surface area contributed by atoms with E-state index in [2.05, 4.69) is 28.9 Å². The van der Waals surface area contributed by atoms with Gasteiger partial charge in [0.05, 0.1) is 12.7 Å². The van der Waals surface area contributed by atoms with Crippen LogP contribution in [0.2, 0.25) is 0 Å². The average molecular weight is 290 g/mol. The van der Waals surface area contributed by atoms with Crippen LogP contribution in [0, 0.1) is 5.41 Å². The Morgan fingerprint density at radius 3 is 3.10 bits per heavy atom. The number of fused-ring (bicyclic) bond motifs is 1. The van der Waals surface area contributed by atoms with E-state index in [1.165, 1.54) is 12.0 Å². The van der Waals surface area contributed by atoms with Gasteiger partial charge in [-0.25, -0.2) is 0 Å². The van der Waals surface area contributed by atoms with Crippen LogP contribution >= 0.6 is 0 Å². The van der Waals surface area contributed by atoms with E-state index in [0.29, 0.717) is 6.10 Å².